The first kappa shape index (κ1) is 29.6. The molecule has 0 spiro atoms. The number of nitrogens with one attached hydrogen (secondary N) is 3. The fourth-order valence-corrected chi connectivity index (χ4v) is 4.40. The number of halogens is 6. The number of benzene rings is 2. The zero-order valence-electron chi connectivity index (χ0n) is 20.9. The molecule has 2 amide bonds. The number of piperazine rings is 1. The highest BCUT2D eigenvalue weighted by molar-refractivity contribution is 6.31. The minimum atomic E-state index is -4.24. The molecule has 38 heavy (non-hydrogen) atoms. The van der Waals surface area contributed by atoms with Gasteiger partial charge >= 0.3 is 6.18 Å². The molecule has 13 heteroatoms. The van der Waals surface area contributed by atoms with Crippen molar-refractivity contribution in [3.8, 4) is 0 Å². The van der Waals surface area contributed by atoms with Crippen molar-refractivity contribution in [2.45, 2.75) is 32.1 Å². The molecule has 208 valence electrons. The van der Waals surface area contributed by atoms with Crippen LogP contribution in [0.4, 0.5) is 33.3 Å². The Morgan fingerprint density at radius 1 is 1.11 bits per heavy atom. The molecule has 2 aromatic rings. The van der Waals surface area contributed by atoms with Crippen LogP contribution in [0.3, 0.4) is 0 Å². The second-order valence-electron chi connectivity index (χ2n) is 9.03. The summed E-state index contributed by atoms with van der Waals surface area (Å²) in [6, 6.07) is 6.80. The summed E-state index contributed by atoms with van der Waals surface area (Å²) in [5, 5.41) is 8.04. The number of alkyl halides is 3. The number of carbonyl (C=O) groups excluding carboxylic acids is 2. The van der Waals surface area contributed by atoms with Gasteiger partial charge in [-0.05, 0) is 38.2 Å². The van der Waals surface area contributed by atoms with Gasteiger partial charge in [0, 0.05) is 49.4 Å². The largest absolute Gasteiger partial charge is 0.390 e. The molecular formula is C25H29ClF5N5O2. The van der Waals surface area contributed by atoms with E-state index in [0.29, 0.717) is 36.0 Å². The predicted octanol–water partition coefficient (Wildman–Crippen LogP) is 4.17. The van der Waals surface area contributed by atoms with Crippen LogP contribution < -0.4 is 20.9 Å². The molecule has 1 saturated heterocycles. The van der Waals surface area contributed by atoms with Crippen LogP contribution in [0.15, 0.2) is 30.3 Å². The maximum atomic E-state index is 14.8. The molecule has 3 rings (SSSR count). The van der Waals surface area contributed by atoms with E-state index in [1.165, 1.54) is 18.2 Å². The summed E-state index contributed by atoms with van der Waals surface area (Å²) in [6.07, 6.45) is -5.14. The molecule has 7 nitrogen and oxygen atoms in total. The van der Waals surface area contributed by atoms with Crippen LogP contribution in [0, 0.1) is 11.6 Å². The Balaban J connectivity index is 1.74. The molecule has 1 fully saturated rings. The minimum Gasteiger partial charge on any atom is -0.365 e. The van der Waals surface area contributed by atoms with E-state index < -0.39 is 41.6 Å². The molecule has 1 aliphatic heterocycles. The number of likely N-dealkylation sites (N-methyl/N-ethyl adjacent to an activating group) is 1. The van der Waals surface area contributed by atoms with E-state index in [1.54, 1.807) is 18.0 Å². The van der Waals surface area contributed by atoms with E-state index in [9.17, 15) is 31.5 Å². The van der Waals surface area contributed by atoms with Crippen LogP contribution in [-0.4, -0.2) is 68.7 Å². The highest BCUT2D eigenvalue weighted by atomic mass is 35.5. The highest BCUT2D eigenvalue weighted by Crippen LogP contribution is 2.33. The van der Waals surface area contributed by atoms with Crippen molar-refractivity contribution in [3.05, 3.63) is 58.1 Å². The molecule has 1 aliphatic rings. The summed E-state index contributed by atoms with van der Waals surface area (Å²) in [7, 11) is 1.57. The van der Waals surface area contributed by atoms with Gasteiger partial charge in [0.1, 0.15) is 0 Å². The Morgan fingerprint density at radius 3 is 2.50 bits per heavy atom. The minimum absolute atomic E-state index is 0.00917. The summed E-state index contributed by atoms with van der Waals surface area (Å²) >= 11 is 6.18. The van der Waals surface area contributed by atoms with Crippen molar-refractivity contribution in [1.29, 1.82) is 0 Å². The van der Waals surface area contributed by atoms with Gasteiger partial charge in [0.05, 0.1) is 29.9 Å². The average Bonchev–Trinajstić information content (AvgIpc) is 2.84. The highest BCUT2D eigenvalue weighted by Gasteiger charge is 2.31. The fraction of sp³-hybridized carbons (Fsp3) is 0.440. The van der Waals surface area contributed by atoms with E-state index in [-0.39, 0.29) is 31.2 Å². The predicted molar refractivity (Wildman–Crippen MR) is 135 cm³/mol. The van der Waals surface area contributed by atoms with Gasteiger partial charge in [0.25, 0.3) is 5.91 Å². The third-order valence-corrected chi connectivity index (χ3v) is 6.40. The number of nitrogens with zero attached hydrogens (tertiary/aromatic N) is 2. The number of hydrogen-bond acceptors (Lipinski definition) is 5. The van der Waals surface area contributed by atoms with E-state index in [0.717, 1.165) is 6.07 Å². The lowest BCUT2D eigenvalue weighted by atomic mass is 10.1. The van der Waals surface area contributed by atoms with Gasteiger partial charge in [-0.1, -0.05) is 17.7 Å². The SMILES string of the molecule is CNCC(=O)NCc1ccc(C(=O)Nc2ccc(Cl)cc2N2CCN(CCC(F)(F)F)C[C@H]2C)c(F)c1F. The monoisotopic (exact) mass is 561 g/mol. The molecule has 0 aromatic heterocycles. The molecule has 1 atom stereocenters. The van der Waals surface area contributed by atoms with E-state index >= 15 is 0 Å². The van der Waals surface area contributed by atoms with Gasteiger partial charge in [-0.2, -0.15) is 13.2 Å². The van der Waals surface area contributed by atoms with Crippen molar-refractivity contribution in [1.82, 2.24) is 15.5 Å². The molecular weight excluding hydrogens is 533 g/mol. The zero-order valence-corrected chi connectivity index (χ0v) is 21.6. The van der Waals surface area contributed by atoms with Crippen LogP contribution >= 0.6 is 11.6 Å². The lowest BCUT2D eigenvalue weighted by Gasteiger charge is -2.42. The molecule has 2 aromatic carbocycles. The van der Waals surface area contributed by atoms with Crippen molar-refractivity contribution >= 4 is 34.8 Å². The molecule has 0 aliphatic carbocycles. The molecule has 0 unspecified atom stereocenters. The van der Waals surface area contributed by atoms with Crippen molar-refractivity contribution in [2.24, 2.45) is 0 Å². The third kappa shape index (κ3) is 7.78. The van der Waals surface area contributed by atoms with Crippen LogP contribution in [0.1, 0.15) is 29.3 Å². The Morgan fingerprint density at radius 2 is 1.84 bits per heavy atom. The fourth-order valence-electron chi connectivity index (χ4n) is 4.23. The Kier molecular flexibility index (Phi) is 9.91. The first-order chi connectivity index (χ1) is 17.9. The van der Waals surface area contributed by atoms with E-state index in [1.807, 2.05) is 11.8 Å². The van der Waals surface area contributed by atoms with Crippen molar-refractivity contribution < 1.29 is 31.5 Å². The second-order valence-corrected chi connectivity index (χ2v) is 9.47. The van der Waals surface area contributed by atoms with Crippen LogP contribution in [0.2, 0.25) is 5.02 Å². The van der Waals surface area contributed by atoms with Crippen molar-refractivity contribution in [3.63, 3.8) is 0 Å². The maximum Gasteiger partial charge on any atom is 0.390 e. The number of hydrogen-bond donors (Lipinski definition) is 3. The third-order valence-electron chi connectivity index (χ3n) is 6.16. The number of amides is 2. The summed E-state index contributed by atoms with van der Waals surface area (Å²) in [4.78, 5) is 28.1. The molecule has 0 bridgehead atoms. The topological polar surface area (TPSA) is 76.7 Å². The quantitative estimate of drug-likeness (QED) is 0.401. The lowest BCUT2D eigenvalue weighted by Crippen LogP contribution is -2.52. The number of rotatable bonds is 9. The Labute approximate surface area is 222 Å². The second kappa shape index (κ2) is 12.7. The molecule has 0 radical (unpaired) electrons. The van der Waals surface area contributed by atoms with Gasteiger partial charge in [-0.15, -0.1) is 0 Å². The van der Waals surface area contributed by atoms with Crippen LogP contribution in [0.5, 0.6) is 0 Å². The van der Waals surface area contributed by atoms with Gasteiger partial charge in [-0.25, -0.2) is 8.78 Å². The van der Waals surface area contributed by atoms with E-state index in [4.69, 9.17) is 11.6 Å². The Hall–Kier alpha value is -2.96. The van der Waals surface area contributed by atoms with Crippen molar-refractivity contribution in [2.75, 3.05) is 50.0 Å². The van der Waals surface area contributed by atoms with Crippen LogP contribution in [0.25, 0.3) is 0 Å². The summed E-state index contributed by atoms with van der Waals surface area (Å²) < 4.78 is 67.3. The lowest BCUT2D eigenvalue weighted by molar-refractivity contribution is -0.138. The first-order valence-corrected chi connectivity index (χ1v) is 12.3. The number of anilines is 2. The molecule has 3 N–H and O–H groups in total. The Bertz CT molecular complexity index is 1160. The van der Waals surface area contributed by atoms with Crippen LogP contribution in [-0.2, 0) is 11.3 Å². The van der Waals surface area contributed by atoms with E-state index in [2.05, 4.69) is 16.0 Å². The zero-order chi connectivity index (χ0) is 28.0. The smallest absolute Gasteiger partial charge is 0.365 e. The molecule has 1 heterocycles. The summed E-state index contributed by atoms with van der Waals surface area (Å²) in [6.45, 7) is 2.60. The normalized spacial score (nSPS) is 16.4. The summed E-state index contributed by atoms with van der Waals surface area (Å²) in [5.41, 5.74) is 0.156. The maximum absolute atomic E-state index is 14.8. The molecule has 0 saturated carbocycles. The van der Waals surface area contributed by atoms with Gasteiger partial charge < -0.3 is 20.9 Å². The average molecular weight is 562 g/mol. The van der Waals surface area contributed by atoms with Gasteiger partial charge in [0.15, 0.2) is 11.6 Å². The standard InChI is InChI=1S/C25H29ClF5N5O2/c1-15-14-35(8-7-25(29,30)31)9-10-36(15)20-11-17(26)4-6-19(20)34-24(38)18-5-3-16(22(27)23(18)28)12-33-21(37)13-32-2/h3-6,11,15,32H,7-10,12-14H2,1-2H3,(H,33,37)(H,34,38)/t15-/m1/s1. The first-order valence-electron chi connectivity index (χ1n) is 11.9. The number of carbonyl (C=O) groups is 2. The van der Waals surface area contributed by atoms with Gasteiger partial charge in [-0.3, -0.25) is 14.5 Å². The summed E-state index contributed by atoms with van der Waals surface area (Å²) in [5.74, 6) is -3.90. The van der Waals surface area contributed by atoms with Gasteiger partial charge in [0.2, 0.25) is 5.91 Å².